The summed E-state index contributed by atoms with van der Waals surface area (Å²) in [6.07, 6.45) is 5.40. The van der Waals surface area contributed by atoms with Gasteiger partial charge in [-0.3, -0.25) is 0 Å². The van der Waals surface area contributed by atoms with E-state index in [1.165, 1.54) is 25.7 Å². The molecule has 0 spiro atoms. The van der Waals surface area contributed by atoms with Crippen LogP contribution in [0.4, 0.5) is 0 Å². The molecule has 0 bridgehead atoms. The van der Waals surface area contributed by atoms with Gasteiger partial charge in [-0.15, -0.1) is 11.3 Å². The van der Waals surface area contributed by atoms with Crippen LogP contribution in [0, 0.1) is 11.8 Å². The third-order valence-corrected chi connectivity index (χ3v) is 9.36. The monoisotopic (exact) mass is 520 g/mol. The first kappa shape index (κ1) is 25.0. The Morgan fingerprint density at radius 2 is 1.72 bits per heavy atom. The van der Waals surface area contributed by atoms with Gasteiger partial charge in [0.05, 0.1) is 6.10 Å². The van der Waals surface area contributed by atoms with Crippen LogP contribution in [-0.4, -0.2) is 28.0 Å². The van der Waals surface area contributed by atoms with Gasteiger partial charge >= 0.3 is 0 Å². The van der Waals surface area contributed by atoms with Crippen LogP contribution >= 0.6 is 23.1 Å². The molecule has 5 rings (SSSR count). The highest BCUT2D eigenvalue weighted by molar-refractivity contribution is 8.00. The third kappa shape index (κ3) is 6.00. The zero-order valence-electron chi connectivity index (χ0n) is 20.4. The maximum Gasteiger partial charge on any atom is 0.119 e. The number of ether oxygens (including phenoxy) is 1. The van der Waals surface area contributed by atoms with Crippen LogP contribution in [0.15, 0.2) is 76.5 Å². The van der Waals surface area contributed by atoms with E-state index in [1.54, 1.807) is 47.4 Å². The Labute approximate surface area is 220 Å². The van der Waals surface area contributed by atoms with Crippen molar-refractivity contribution >= 4 is 33.2 Å². The van der Waals surface area contributed by atoms with Gasteiger partial charge in [0.15, 0.2) is 0 Å². The normalized spacial score (nSPS) is 18.8. The third-order valence-electron chi connectivity index (χ3n) is 6.89. The number of hydrogen-bond acceptors (Lipinski definition) is 6. The van der Waals surface area contributed by atoms with Crippen molar-refractivity contribution in [1.29, 1.82) is 0 Å². The Hall–Kier alpha value is -2.67. The zero-order valence-corrected chi connectivity index (χ0v) is 22.0. The lowest BCUT2D eigenvalue weighted by atomic mass is 9.80. The fourth-order valence-corrected chi connectivity index (χ4v) is 7.56. The second kappa shape index (κ2) is 11.2. The first-order valence-electron chi connectivity index (χ1n) is 12.6. The van der Waals surface area contributed by atoms with E-state index in [-0.39, 0.29) is 11.5 Å². The van der Waals surface area contributed by atoms with E-state index in [1.807, 2.05) is 42.5 Å². The molecule has 3 unspecified atom stereocenters. The van der Waals surface area contributed by atoms with Crippen molar-refractivity contribution in [3.05, 3.63) is 66.7 Å². The number of thiophene rings is 1. The highest BCUT2D eigenvalue weighted by atomic mass is 32.2. The summed E-state index contributed by atoms with van der Waals surface area (Å²) in [5.74, 6) is 2.62. The van der Waals surface area contributed by atoms with Gasteiger partial charge in [0.1, 0.15) is 23.9 Å². The Bertz CT molecular complexity index is 1300. The number of benzene rings is 3. The number of phenolic OH excluding ortho intramolecular Hbond substituents is 2. The fraction of sp³-hybridized carbons (Fsp3) is 0.333. The molecule has 0 radical (unpaired) electrons. The molecule has 1 heterocycles. The van der Waals surface area contributed by atoms with E-state index in [9.17, 15) is 15.3 Å². The molecule has 4 aromatic rings. The lowest BCUT2D eigenvalue weighted by Crippen LogP contribution is -2.24. The average molecular weight is 521 g/mol. The Morgan fingerprint density at radius 1 is 0.972 bits per heavy atom. The second-order valence-electron chi connectivity index (χ2n) is 9.90. The van der Waals surface area contributed by atoms with Gasteiger partial charge in [-0.2, -0.15) is 0 Å². The predicted molar refractivity (Wildman–Crippen MR) is 148 cm³/mol. The highest BCUT2D eigenvalue weighted by Crippen LogP contribution is 2.47. The maximum absolute atomic E-state index is 10.5. The lowest BCUT2D eigenvalue weighted by molar-refractivity contribution is 0.0737. The molecule has 3 aromatic carbocycles. The number of aromatic hydroxyl groups is 2. The summed E-state index contributed by atoms with van der Waals surface area (Å²) in [5.41, 5.74) is 1.03. The van der Waals surface area contributed by atoms with Crippen molar-refractivity contribution in [3.8, 4) is 27.7 Å². The molecule has 36 heavy (non-hydrogen) atoms. The second-order valence-corrected chi connectivity index (χ2v) is 12.0. The Kier molecular flexibility index (Phi) is 7.75. The standard InChI is InChI=1S/C30H32O4S2/c1-19-3-2-4-20(15-19)16-24(33)18-34-25-10-12-26(13-11-25)35-30-27-14-9-23(32)17-28(27)36-29(30)21-5-7-22(31)8-6-21/h5-14,17,19-20,24,31-33H,2-4,15-16,18H2,1H3. The van der Waals surface area contributed by atoms with Crippen LogP contribution < -0.4 is 4.74 Å². The van der Waals surface area contributed by atoms with Crippen LogP contribution in [0.1, 0.15) is 39.0 Å². The van der Waals surface area contributed by atoms with Gasteiger partial charge in [-0.1, -0.05) is 37.9 Å². The summed E-state index contributed by atoms with van der Waals surface area (Å²) in [5, 5.41) is 31.3. The van der Waals surface area contributed by atoms with Crippen molar-refractivity contribution in [2.45, 2.75) is 54.9 Å². The SMILES string of the molecule is CC1CCCC(CC(O)COc2ccc(Sc3c(-c4ccc(O)cc4)sc4cc(O)ccc34)cc2)C1. The van der Waals surface area contributed by atoms with Gasteiger partial charge in [0.25, 0.3) is 0 Å². The Balaban J connectivity index is 1.28. The summed E-state index contributed by atoms with van der Waals surface area (Å²) in [6, 6.07) is 20.7. The summed E-state index contributed by atoms with van der Waals surface area (Å²) in [6.45, 7) is 2.63. The summed E-state index contributed by atoms with van der Waals surface area (Å²) in [7, 11) is 0. The summed E-state index contributed by atoms with van der Waals surface area (Å²) >= 11 is 3.30. The minimum atomic E-state index is -0.434. The van der Waals surface area contributed by atoms with E-state index in [2.05, 4.69) is 6.92 Å². The minimum absolute atomic E-state index is 0.237. The topological polar surface area (TPSA) is 69.9 Å². The predicted octanol–water partition coefficient (Wildman–Crippen LogP) is 8.09. The first-order chi connectivity index (χ1) is 17.4. The van der Waals surface area contributed by atoms with E-state index >= 15 is 0 Å². The van der Waals surface area contributed by atoms with Gasteiger partial charge in [0.2, 0.25) is 0 Å². The highest BCUT2D eigenvalue weighted by Gasteiger charge is 2.22. The van der Waals surface area contributed by atoms with E-state index < -0.39 is 6.10 Å². The van der Waals surface area contributed by atoms with Crippen LogP contribution in [-0.2, 0) is 0 Å². The molecule has 0 amide bonds. The number of aliphatic hydroxyl groups excluding tert-OH is 1. The molecule has 6 heteroatoms. The molecule has 4 nitrogen and oxygen atoms in total. The molecule has 3 atom stereocenters. The zero-order chi connectivity index (χ0) is 25.1. The number of fused-ring (bicyclic) bond motifs is 1. The van der Waals surface area contributed by atoms with E-state index in [0.29, 0.717) is 12.5 Å². The number of rotatable bonds is 8. The molecule has 1 saturated carbocycles. The number of aliphatic hydroxyl groups is 1. The molecule has 1 aliphatic rings. The van der Waals surface area contributed by atoms with Crippen LogP contribution in [0.5, 0.6) is 17.2 Å². The van der Waals surface area contributed by atoms with Gasteiger partial charge in [-0.05, 0) is 97.0 Å². The molecule has 188 valence electrons. The van der Waals surface area contributed by atoms with Gasteiger partial charge < -0.3 is 20.1 Å². The molecular weight excluding hydrogens is 488 g/mol. The molecule has 1 aromatic heterocycles. The van der Waals surface area contributed by atoms with Crippen molar-refractivity contribution < 1.29 is 20.1 Å². The summed E-state index contributed by atoms with van der Waals surface area (Å²) in [4.78, 5) is 3.29. The summed E-state index contributed by atoms with van der Waals surface area (Å²) < 4.78 is 6.92. The minimum Gasteiger partial charge on any atom is -0.508 e. The van der Waals surface area contributed by atoms with E-state index in [0.717, 1.165) is 48.4 Å². The van der Waals surface area contributed by atoms with E-state index in [4.69, 9.17) is 4.74 Å². The van der Waals surface area contributed by atoms with Crippen LogP contribution in [0.25, 0.3) is 20.5 Å². The number of hydrogen-bond donors (Lipinski definition) is 3. The molecule has 0 aliphatic heterocycles. The van der Waals surface area contributed by atoms with Gasteiger partial charge in [-0.25, -0.2) is 0 Å². The molecular formula is C30H32O4S2. The maximum atomic E-state index is 10.5. The lowest BCUT2D eigenvalue weighted by Gasteiger charge is -2.28. The molecule has 0 saturated heterocycles. The van der Waals surface area contributed by atoms with Crippen LogP contribution in [0.2, 0.25) is 0 Å². The van der Waals surface area contributed by atoms with Gasteiger partial charge in [0, 0.05) is 24.8 Å². The van der Waals surface area contributed by atoms with Crippen molar-refractivity contribution in [2.75, 3.05) is 6.61 Å². The molecule has 1 fully saturated rings. The Morgan fingerprint density at radius 3 is 2.47 bits per heavy atom. The van der Waals surface area contributed by atoms with Crippen molar-refractivity contribution in [2.24, 2.45) is 11.8 Å². The quantitative estimate of drug-likeness (QED) is 0.219. The average Bonchev–Trinajstić information content (AvgIpc) is 3.21. The fourth-order valence-electron chi connectivity index (χ4n) is 5.11. The molecule has 1 aliphatic carbocycles. The largest absolute Gasteiger partial charge is 0.508 e. The smallest absolute Gasteiger partial charge is 0.119 e. The van der Waals surface area contributed by atoms with Crippen molar-refractivity contribution in [1.82, 2.24) is 0 Å². The first-order valence-corrected chi connectivity index (χ1v) is 14.2. The van der Waals surface area contributed by atoms with Crippen LogP contribution in [0.3, 0.4) is 0 Å². The van der Waals surface area contributed by atoms with Crippen molar-refractivity contribution in [3.63, 3.8) is 0 Å². The number of phenols is 2. The molecule has 3 N–H and O–H groups in total.